The Hall–Kier alpha value is -4.57. The average molecular weight is 682 g/mol. The molecule has 1 aliphatic carbocycles. The number of rotatable bonds is 8. The third-order valence-corrected chi connectivity index (χ3v) is 11.3. The van der Waals surface area contributed by atoms with E-state index >= 15 is 0 Å². The van der Waals surface area contributed by atoms with Crippen LogP contribution < -0.4 is 15.2 Å². The lowest BCUT2D eigenvalue weighted by Crippen LogP contribution is -2.73. The first-order chi connectivity index (χ1) is 23.2. The third-order valence-electron chi connectivity index (χ3n) is 10.0. The molecule has 13 heteroatoms. The number of pyridine rings is 2. The number of thiophene rings is 1. The second kappa shape index (κ2) is 11.8. The van der Waals surface area contributed by atoms with E-state index in [2.05, 4.69) is 30.8 Å². The topological polar surface area (TPSA) is 137 Å². The minimum absolute atomic E-state index is 0.133. The number of likely N-dealkylation sites (tertiary alicyclic amines) is 1. The molecule has 0 unspecified atom stereocenters. The fourth-order valence-corrected chi connectivity index (χ4v) is 8.96. The molecule has 4 aromatic heterocycles. The molecule has 1 aromatic carbocycles. The Labute approximate surface area is 285 Å². The number of nitriles is 1. The van der Waals surface area contributed by atoms with Gasteiger partial charge in [-0.1, -0.05) is 24.4 Å². The molecule has 3 fully saturated rings. The summed E-state index contributed by atoms with van der Waals surface area (Å²) in [5.74, 6) is 0.522. The van der Waals surface area contributed by atoms with Crippen LogP contribution in [0.5, 0.6) is 5.75 Å². The molecule has 1 spiro atoms. The highest BCUT2D eigenvalue weighted by Crippen LogP contribution is 2.45. The van der Waals surface area contributed by atoms with Gasteiger partial charge in [-0.25, -0.2) is 14.8 Å². The van der Waals surface area contributed by atoms with Crippen molar-refractivity contribution in [2.45, 2.75) is 45.2 Å². The first kappa shape index (κ1) is 30.7. The van der Waals surface area contributed by atoms with E-state index in [0.717, 1.165) is 37.8 Å². The van der Waals surface area contributed by atoms with Crippen molar-refractivity contribution in [1.82, 2.24) is 24.4 Å². The number of carbonyl (C=O) groups is 1. The van der Waals surface area contributed by atoms with Gasteiger partial charge in [-0.2, -0.15) is 5.26 Å². The molecule has 11 nitrogen and oxygen atoms in total. The second-order valence-corrected chi connectivity index (χ2v) is 14.4. The van der Waals surface area contributed by atoms with Gasteiger partial charge in [0.25, 0.3) is 5.56 Å². The fraction of sp³-hybridized carbons (Fsp3) is 0.371. The van der Waals surface area contributed by atoms with Crippen molar-refractivity contribution in [1.29, 1.82) is 5.26 Å². The van der Waals surface area contributed by atoms with Gasteiger partial charge in [-0.05, 0) is 44.0 Å². The molecule has 0 amide bonds. The SMILES string of the molecule is Cc1nc2cnc(N3CC4(C3)CN(C3CCCC3)C4)c(C#N)c2c(=O)n1CCOc1ccc(Cl)cc1-c1ccnc2c(C(=O)O)csc12. The monoisotopic (exact) mass is 681 g/mol. The second-order valence-electron chi connectivity index (χ2n) is 13.1. The normalized spacial score (nSPS) is 17.5. The number of ether oxygens (including phenoxy) is 1. The molecule has 244 valence electrons. The lowest BCUT2D eigenvalue weighted by Gasteiger charge is -2.62. The van der Waals surface area contributed by atoms with Gasteiger partial charge in [0.1, 0.15) is 35.6 Å². The number of anilines is 1. The van der Waals surface area contributed by atoms with E-state index in [4.69, 9.17) is 16.3 Å². The van der Waals surface area contributed by atoms with Crippen LogP contribution in [0.1, 0.15) is 47.4 Å². The zero-order chi connectivity index (χ0) is 33.2. The number of aromatic carboxylic acids is 1. The standard InChI is InChI=1S/C35H32ClN7O4S/c1-20-40-27-14-39-32(42-18-35(19-42)16-41(17-35)22-4-2-3-5-22)25(13-37)29(27)33(44)43(20)10-11-47-28-7-6-21(36)12-24(28)23-8-9-38-30-26(34(45)46)15-48-31(23)30/h6-9,12,14-15,22H,2-5,10-11,16-19H2,1H3,(H,45,46). The van der Waals surface area contributed by atoms with E-state index < -0.39 is 5.97 Å². The van der Waals surface area contributed by atoms with Gasteiger partial charge >= 0.3 is 5.97 Å². The van der Waals surface area contributed by atoms with Crippen molar-refractivity contribution in [2.75, 3.05) is 37.7 Å². The van der Waals surface area contributed by atoms with Crippen molar-refractivity contribution in [3.05, 3.63) is 74.4 Å². The van der Waals surface area contributed by atoms with Gasteiger partial charge in [0.05, 0.1) is 39.4 Å². The fourth-order valence-electron chi connectivity index (χ4n) is 7.76. The molecule has 48 heavy (non-hydrogen) atoms. The van der Waals surface area contributed by atoms with Crippen molar-refractivity contribution >= 4 is 55.8 Å². The lowest BCUT2D eigenvalue weighted by atomic mass is 9.72. The van der Waals surface area contributed by atoms with Gasteiger partial charge in [0.2, 0.25) is 0 Å². The molecule has 2 aliphatic heterocycles. The van der Waals surface area contributed by atoms with Gasteiger partial charge in [-0.3, -0.25) is 19.2 Å². The minimum Gasteiger partial charge on any atom is -0.491 e. The predicted molar refractivity (Wildman–Crippen MR) is 184 cm³/mol. The Morgan fingerprint density at radius 1 is 1.17 bits per heavy atom. The summed E-state index contributed by atoms with van der Waals surface area (Å²) in [5, 5.41) is 22.2. The largest absolute Gasteiger partial charge is 0.491 e. The van der Waals surface area contributed by atoms with Crippen molar-refractivity contribution in [3.63, 3.8) is 0 Å². The van der Waals surface area contributed by atoms with E-state index in [9.17, 15) is 20.0 Å². The summed E-state index contributed by atoms with van der Waals surface area (Å²) in [6.45, 7) is 5.93. The maximum Gasteiger partial charge on any atom is 0.338 e. The number of hydrogen-bond acceptors (Lipinski definition) is 10. The summed E-state index contributed by atoms with van der Waals surface area (Å²) in [6.07, 6.45) is 8.42. The molecule has 0 radical (unpaired) electrons. The highest BCUT2D eigenvalue weighted by atomic mass is 35.5. The van der Waals surface area contributed by atoms with E-state index in [1.165, 1.54) is 41.6 Å². The summed E-state index contributed by atoms with van der Waals surface area (Å²) >= 11 is 7.68. The molecule has 5 aromatic rings. The molecule has 0 atom stereocenters. The number of carboxylic acids is 1. The van der Waals surface area contributed by atoms with E-state index in [0.29, 0.717) is 43.7 Å². The Morgan fingerprint density at radius 2 is 1.96 bits per heavy atom. The quantitative estimate of drug-likeness (QED) is 0.216. The molecular formula is C35H32ClN7O4S. The van der Waals surface area contributed by atoms with Crippen molar-refractivity contribution in [3.8, 4) is 22.9 Å². The zero-order valence-corrected chi connectivity index (χ0v) is 27.9. The van der Waals surface area contributed by atoms with Gasteiger partial charge in [-0.15, -0.1) is 11.3 Å². The Kier molecular flexibility index (Phi) is 7.58. The summed E-state index contributed by atoms with van der Waals surface area (Å²) in [4.78, 5) is 44.0. The highest BCUT2D eigenvalue weighted by molar-refractivity contribution is 7.18. The van der Waals surface area contributed by atoms with Crippen LogP contribution in [0.3, 0.4) is 0 Å². The Bertz CT molecular complexity index is 2210. The van der Waals surface area contributed by atoms with Gasteiger partial charge < -0.3 is 14.7 Å². The third kappa shape index (κ3) is 5.08. The smallest absolute Gasteiger partial charge is 0.338 e. The molecule has 0 bridgehead atoms. The maximum atomic E-state index is 14.0. The first-order valence-electron chi connectivity index (χ1n) is 16.1. The number of aryl methyl sites for hydroxylation is 1. The molecule has 2 saturated heterocycles. The number of halogens is 1. The van der Waals surface area contributed by atoms with Crippen LogP contribution in [0.2, 0.25) is 5.02 Å². The molecule has 1 saturated carbocycles. The minimum atomic E-state index is -1.04. The molecule has 3 aliphatic rings. The van der Waals surface area contributed by atoms with Gasteiger partial charge in [0.15, 0.2) is 0 Å². The van der Waals surface area contributed by atoms with Crippen molar-refractivity contribution in [2.24, 2.45) is 5.41 Å². The summed E-state index contributed by atoms with van der Waals surface area (Å²) in [7, 11) is 0. The lowest BCUT2D eigenvalue weighted by molar-refractivity contribution is -0.0484. The molecule has 8 rings (SSSR count). The number of nitrogens with zero attached hydrogens (tertiary/aromatic N) is 7. The number of fused-ring (bicyclic) bond motifs is 2. The predicted octanol–water partition coefficient (Wildman–Crippen LogP) is 5.74. The van der Waals surface area contributed by atoms with Crippen LogP contribution in [0.15, 0.2) is 46.8 Å². The van der Waals surface area contributed by atoms with E-state index in [-0.39, 0.29) is 40.6 Å². The van der Waals surface area contributed by atoms with Crippen LogP contribution in [-0.2, 0) is 6.54 Å². The van der Waals surface area contributed by atoms with E-state index in [1.54, 1.807) is 49.0 Å². The van der Waals surface area contributed by atoms with Gasteiger partial charge in [0, 0.05) is 65.4 Å². The number of benzene rings is 1. The molecular weight excluding hydrogens is 650 g/mol. The molecule has 6 heterocycles. The van der Waals surface area contributed by atoms with Crippen LogP contribution in [0.25, 0.3) is 32.2 Å². The van der Waals surface area contributed by atoms with Crippen molar-refractivity contribution < 1.29 is 14.6 Å². The summed E-state index contributed by atoms with van der Waals surface area (Å²) < 4.78 is 8.48. The van der Waals surface area contributed by atoms with Crippen LogP contribution in [0.4, 0.5) is 5.82 Å². The highest BCUT2D eigenvalue weighted by Gasteiger charge is 2.54. The summed E-state index contributed by atoms with van der Waals surface area (Å²) in [5.41, 5.74) is 2.57. The number of aromatic nitrogens is 4. The van der Waals surface area contributed by atoms with Crippen LogP contribution >= 0.6 is 22.9 Å². The first-order valence-corrected chi connectivity index (χ1v) is 17.3. The van der Waals surface area contributed by atoms with Crippen LogP contribution in [-0.4, -0.2) is 74.3 Å². The molecule has 1 N–H and O–H groups in total. The average Bonchev–Trinajstić information content (AvgIpc) is 3.72. The zero-order valence-electron chi connectivity index (χ0n) is 26.3. The van der Waals surface area contributed by atoms with E-state index in [1.807, 2.05) is 0 Å². The maximum absolute atomic E-state index is 14.0. The number of carboxylic acid groups (broad SMARTS) is 1. The Balaban J connectivity index is 1.04. The number of hydrogen-bond donors (Lipinski definition) is 1. The van der Waals surface area contributed by atoms with Crippen LogP contribution in [0, 0.1) is 23.7 Å². The summed E-state index contributed by atoms with van der Waals surface area (Å²) in [6, 6.07) is 10.0. The Morgan fingerprint density at radius 3 is 2.71 bits per heavy atom.